The van der Waals surface area contributed by atoms with Crippen molar-refractivity contribution in [2.45, 2.75) is 31.9 Å². The normalized spacial score (nSPS) is 16.7. The van der Waals surface area contributed by atoms with Crippen molar-refractivity contribution >= 4 is 40.8 Å². The molecule has 0 bridgehead atoms. The van der Waals surface area contributed by atoms with Crippen LogP contribution in [-0.2, 0) is 10.5 Å². The van der Waals surface area contributed by atoms with Gasteiger partial charge in [0.2, 0.25) is 5.91 Å². The summed E-state index contributed by atoms with van der Waals surface area (Å²) < 4.78 is 17.8. The molecule has 132 valence electrons. The third kappa shape index (κ3) is 3.90. The van der Waals surface area contributed by atoms with Gasteiger partial charge in [0.05, 0.1) is 22.2 Å². The van der Waals surface area contributed by atoms with E-state index in [-0.39, 0.29) is 17.6 Å². The number of aromatic nitrogens is 1. The lowest BCUT2D eigenvalue weighted by Crippen LogP contribution is -2.36. The summed E-state index contributed by atoms with van der Waals surface area (Å²) in [7, 11) is 0. The van der Waals surface area contributed by atoms with Gasteiger partial charge in [-0.05, 0) is 54.6 Å². The second-order valence-electron chi connectivity index (χ2n) is 6.00. The van der Waals surface area contributed by atoms with Crippen molar-refractivity contribution in [1.82, 2.24) is 4.98 Å². The predicted molar refractivity (Wildman–Crippen MR) is 102 cm³/mol. The minimum atomic E-state index is -0.369. The van der Waals surface area contributed by atoms with E-state index in [1.807, 2.05) is 26.0 Å². The van der Waals surface area contributed by atoms with Crippen LogP contribution in [0.25, 0.3) is 0 Å². The number of carbonyl (C=O) groups excluding carboxylic acids is 1. The van der Waals surface area contributed by atoms with Crippen molar-refractivity contribution in [2.24, 2.45) is 0 Å². The van der Waals surface area contributed by atoms with Gasteiger partial charge in [-0.3, -0.25) is 9.78 Å². The maximum absolute atomic E-state index is 14.6. The van der Waals surface area contributed by atoms with Gasteiger partial charge in [0.15, 0.2) is 0 Å². The van der Waals surface area contributed by atoms with Crippen molar-refractivity contribution < 1.29 is 9.18 Å². The Kier molecular flexibility index (Phi) is 5.49. The molecule has 1 aliphatic heterocycles. The highest BCUT2D eigenvalue weighted by Gasteiger charge is 2.31. The number of pyridine rings is 1. The molecular weight excluding hydrogens is 361 g/mol. The molecule has 2 aromatic rings. The number of anilines is 2. The third-order valence-electron chi connectivity index (χ3n) is 4.19. The van der Waals surface area contributed by atoms with Crippen LogP contribution >= 0.6 is 23.5 Å². The highest BCUT2D eigenvalue weighted by atomic mass is 35.5. The first-order valence-corrected chi connectivity index (χ1v) is 9.48. The maximum atomic E-state index is 14.6. The molecule has 0 radical (unpaired) electrons. The fraction of sp³-hybridized carbons (Fsp3) is 0.333. The number of amides is 1. The maximum Gasteiger partial charge on any atom is 0.227 e. The third-order valence-corrected chi connectivity index (χ3v) is 5.23. The number of benzene rings is 1. The monoisotopic (exact) mass is 379 g/mol. The van der Waals surface area contributed by atoms with Crippen LogP contribution in [0.3, 0.4) is 0 Å². The molecule has 0 fully saturated rings. The molecule has 2 heterocycles. The van der Waals surface area contributed by atoms with Crippen LogP contribution in [0.5, 0.6) is 0 Å². The zero-order valence-electron chi connectivity index (χ0n) is 14.1. The Labute approximate surface area is 155 Å². The lowest BCUT2D eigenvalue weighted by Gasteiger charge is -2.32. The van der Waals surface area contributed by atoms with Crippen LogP contribution in [0, 0.1) is 5.82 Å². The van der Waals surface area contributed by atoms with E-state index in [0.717, 1.165) is 11.3 Å². The van der Waals surface area contributed by atoms with Crippen LogP contribution in [0.4, 0.5) is 15.8 Å². The zero-order chi connectivity index (χ0) is 18.0. The van der Waals surface area contributed by atoms with Crippen LogP contribution in [0.15, 0.2) is 30.5 Å². The molecule has 1 aliphatic rings. The number of hydrogen-bond donors (Lipinski definition) is 1. The van der Waals surface area contributed by atoms with Crippen molar-refractivity contribution in [3.63, 3.8) is 0 Å². The molecule has 1 atom stereocenters. The zero-order valence-corrected chi connectivity index (χ0v) is 15.6. The molecule has 1 aromatic carbocycles. The van der Waals surface area contributed by atoms with Gasteiger partial charge >= 0.3 is 0 Å². The molecule has 0 saturated heterocycles. The minimum absolute atomic E-state index is 0.00415. The number of fused-ring (bicyclic) bond motifs is 1. The molecule has 0 saturated carbocycles. The van der Waals surface area contributed by atoms with Crippen LogP contribution < -0.4 is 9.62 Å². The summed E-state index contributed by atoms with van der Waals surface area (Å²) in [6, 6.07) is 7.02. The summed E-state index contributed by atoms with van der Waals surface area (Å²) in [6.45, 7) is 4.29. The van der Waals surface area contributed by atoms with E-state index in [1.54, 1.807) is 12.3 Å². The average Bonchev–Trinajstić information content (AvgIpc) is 2.58. The molecule has 0 spiro atoms. The van der Waals surface area contributed by atoms with Gasteiger partial charge < -0.3 is 9.62 Å². The number of halogens is 2. The predicted octanol–water partition coefficient (Wildman–Crippen LogP) is 4.99. The molecule has 0 aliphatic carbocycles. The summed E-state index contributed by atoms with van der Waals surface area (Å²) in [5, 5.41) is 0.600. The molecule has 7 heteroatoms. The van der Waals surface area contributed by atoms with Crippen molar-refractivity contribution in [3.05, 3.63) is 52.6 Å². The van der Waals surface area contributed by atoms with Crippen LogP contribution in [0.1, 0.15) is 37.4 Å². The van der Waals surface area contributed by atoms with E-state index < -0.39 is 0 Å². The van der Waals surface area contributed by atoms with Gasteiger partial charge in [-0.15, -0.1) is 0 Å². The second kappa shape index (κ2) is 7.62. The summed E-state index contributed by atoms with van der Waals surface area (Å²) in [5.74, 6) is 0.243. The molecule has 1 amide bonds. The van der Waals surface area contributed by atoms with Crippen LogP contribution in [-0.4, -0.2) is 17.4 Å². The standard InChI is InChI=1S/C18H19ClFN3OS/c1-3-23-17(24)6-11(2)15-7-14(8-16(20)18(15)23)22-25-10-13-5-4-12(19)9-21-13/h4-5,7-9,11,22H,3,6,10H2,1-2H3. The van der Waals surface area contributed by atoms with Crippen molar-refractivity contribution in [1.29, 1.82) is 0 Å². The van der Waals surface area contributed by atoms with Gasteiger partial charge in [0.25, 0.3) is 0 Å². The fourth-order valence-corrected chi connectivity index (χ4v) is 3.75. The fourth-order valence-electron chi connectivity index (χ4n) is 2.97. The minimum Gasteiger partial charge on any atom is -0.329 e. The molecule has 1 unspecified atom stereocenters. The molecule has 25 heavy (non-hydrogen) atoms. The summed E-state index contributed by atoms with van der Waals surface area (Å²) >= 11 is 7.25. The van der Waals surface area contributed by atoms with Crippen molar-refractivity contribution in [3.8, 4) is 0 Å². The highest BCUT2D eigenvalue weighted by molar-refractivity contribution is 7.99. The lowest BCUT2D eigenvalue weighted by molar-refractivity contribution is -0.119. The summed E-state index contributed by atoms with van der Waals surface area (Å²) in [4.78, 5) is 17.9. The van der Waals surface area contributed by atoms with E-state index in [4.69, 9.17) is 11.6 Å². The van der Waals surface area contributed by atoms with E-state index in [2.05, 4.69) is 9.71 Å². The molecule has 1 aromatic heterocycles. The van der Waals surface area contributed by atoms with E-state index in [1.165, 1.54) is 22.9 Å². The average molecular weight is 380 g/mol. The largest absolute Gasteiger partial charge is 0.329 e. The van der Waals surface area contributed by atoms with E-state index in [0.29, 0.717) is 35.1 Å². The second-order valence-corrected chi connectivity index (χ2v) is 7.22. The molecular formula is C18H19ClFN3OS. The van der Waals surface area contributed by atoms with Gasteiger partial charge in [-0.1, -0.05) is 18.5 Å². The Bertz CT molecular complexity index is 785. The summed E-state index contributed by atoms with van der Waals surface area (Å²) in [6.07, 6.45) is 2.01. The number of rotatable bonds is 5. The van der Waals surface area contributed by atoms with Gasteiger partial charge in [0.1, 0.15) is 5.82 Å². The summed E-state index contributed by atoms with van der Waals surface area (Å²) in [5.41, 5.74) is 2.86. The molecule has 4 nitrogen and oxygen atoms in total. The first kappa shape index (κ1) is 18.0. The lowest BCUT2D eigenvalue weighted by atomic mass is 9.90. The topological polar surface area (TPSA) is 45.2 Å². The Morgan fingerprint density at radius 2 is 2.24 bits per heavy atom. The van der Waals surface area contributed by atoms with Crippen molar-refractivity contribution in [2.75, 3.05) is 16.2 Å². The Morgan fingerprint density at radius 3 is 2.92 bits per heavy atom. The Morgan fingerprint density at radius 1 is 1.44 bits per heavy atom. The quantitative estimate of drug-likeness (QED) is 0.743. The number of hydrogen-bond acceptors (Lipinski definition) is 4. The first-order valence-electron chi connectivity index (χ1n) is 8.11. The van der Waals surface area contributed by atoms with Gasteiger partial charge in [0, 0.05) is 24.8 Å². The number of nitrogens with zero attached hydrogens (tertiary/aromatic N) is 2. The molecule has 1 N–H and O–H groups in total. The molecule has 3 rings (SSSR count). The Hall–Kier alpha value is -1.79. The number of carbonyl (C=O) groups is 1. The van der Waals surface area contributed by atoms with Gasteiger partial charge in [-0.25, -0.2) is 4.39 Å². The Balaban J connectivity index is 1.75. The smallest absolute Gasteiger partial charge is 0.227 e. The first-order chi connectivity index (χ1) is 12.0. The van der Waals surface area contributed by atoms with E-state index >= 15 is 0 Å². The van der Waals surface area contributed by atoms with E-state index in [9.17, 15) is 9.18 Å². The number of nitrogens with one attached hydrogen (secondary N) is 1. The van der Waals surface area contributed by atoms with Gasteiger partial charge in [-0.2, -0.15) is 0 Å². The SMILES string of the molecule is CCN1C(=O)CC(C)c2cc(NSCc3ccc(Cl)cn3)cc(F)c21. The van der Waals surface area contributed by atoms with Crippen LogP contribution in [0.2, 0.25) is 5.02 Å². The highest BCUT2D eigenvalue weighted by Crippen LogP contribution is 2.39.